The molecule has 2 rings (SSSR count). The predicted molar refractivity (Wildman–Crippen MR) is 79.4 cm³/mol. The summed E-state index contributed by atoms with van der Waals surface area (Å²) in [5, 5.41) is 0. The van der Waals surface area contributed by atoms with Gasteiger partial charge in [0.25, 0.3) is 0 Å². The minimum Gasteiger partial charge on any atom is -0.496 e. The lowest BCUT2D eigenvalue weighted by Gasteiger charge is -2.12. The Balaban J connectivity index is 2.44. The van der Waals surface area contributed by atoms with Gasteiger partial charge in [0.05, 0.1) is 13.4 Å². The van der Waals surface area contributed by atoms with Crippen LogP contribution in [0.2, 0.25) is 0 Å². The van der Waals surface area contributed by atoms with Gasteiger partial charge >= 0.3 is 0 Å². The number of pyridine rings is 1. The summed E-state index contributed by atoms with van der Waals surface area (Å²) in [6, 6.07) is 7.14. The highest BCUT2D eigenvalue weighted by atomic mass is 32.2. The van der Waals surface area contributed by atoms with Crippen LogP contribution in [0.3, 0.4) is 0 Å². The number of hydrogen-bond donors (Lipinski definition) is 1. The number of benzene rings is 1. The van der Waals surface area contributed by atoms with Gasteiger partial charge in [0.1, 0.15) is 5.75 Å². The molecule has 0 radical (unpaired) electrons. The smallest absolute Gasteiger partial charge is 0.229 e. The Bertz CT molecular complexity index is 727. The van der Waals surface area contributed by atoms with Gasteiger partial charge in [-0.1, -0.05) is 6.07 Å². The zero-order chi connectivity index (χ0) is 14.8. The topological polar surface area (TPSA) is 68.3 Å². The average molecular weight is 292 g/mol. The molecule has 20 heavy (non-hydrogen) atoms. The third-order valence-corrected chi connectivity index (χ3v) is 3.43. The minimum atomic E-state index is -3.27. The maximum absolute atomic E-state index is 11.2. The number of nitrogens with one attached hydrogen (secondary N) is 1. The molecule has 6 heteroatoms. The first kappa shape index (κ1) is 14.3. The van der Waals surface area contributed by atoms with E-state index in [4.69, 9.17) is 4.74 Å². The van der Waals surface area contributed by atoms with Crippen molar-refractivity contribution in [1.29, 1.82) is 0 Å². The Labute approximate surface area is 118 Å². The number of hydrogen-bond acceptors (Lipinski definition) is 4. The molecule has 1 heterocycles. The van der Waals surface area contributed by atoms with E-state index in [0.29, 0.717) is 5.69 Å². The first-order valence-electron chi connectivity index (χ1n) is 5.97. The molecule has 0 atom stereocenters. The van der Waals surface area contributed by atoms with Gasteiger partial charge in [-0.2, -0.15) is 0 Å². The van der Waals surface area contributed by atoms with Gasteiger partial charge in [-0.3, -0.25) is 9.71 Å². The average Bonchev–Trinajstić information content (AvgIpc) is 2.37. The summed E-state index contributed by atoms with van der Waals surface area (Å²) >= 11 is 0. The number of anilines is 1. The molecule has 0 amide bonds. The SMILES string of the molecule is COc1ccncc1-c1ccc(NS(C)(=O)=O)cc1C. The predicted octanol–water partition coefficient (Wildman–Crippen LogP) is 2.44. The van der Waals surface area contributed by atoms with Gasteiger partial charge in [0.15, 0.2) is 0 Å². The van der Waals surface area contributed by atoms with Gasteiger partial charge in [-0.15, -0.1) is 0 Å². The molecule has 0 saturated carbocycles. The molecule has 0 aliphatic rings. The summed E-state index contributed by atoms with van der Waals surface area (Å²) < 4.78 is 30.2. The highest BCUT2D eigenvalue weighted by Gasteiger charge is 2.10. The maximum atomic E-state index is 11.2. The lowest BCUT2D eigenvalue weighted by molar-refractivity contribution is 0.416. The summed E-state index contributed by atoms with van der Waals surface area (Å²) in [4.78, 5) is 4.10. The molecule has 1 aromatic carbocycles. The van der Waals surface area contributed by atoms with Gasteiger partial charge in [-0.05, 0) is 36.2 Å². The zero-order valence-corrected chi connectivity index (χ0v) is 12.4. The monoisotopic (exact) mass is 292 g/mol. The number of nitrogens with zero attached hydrogens (tertiary/aromatic N) is 1. The molecule has 0 spiro atoms. The van der Waals surface area contributed by atoms with Crippen molar-refractivity contribution < 1.29 is 13.2 Å². The van der Waals surface area contributed by atoms with E-state index in [1.807, 2.05) is 13.0 Å². The van der Waals surface area contributed by atoms with Gasteiger partial charge in [-0.25, -0.2) is 8.42 Å². The van der Waals surface area contributed by atoms with Crippen LogP contribution in [0.5, 0.6) is 5.75 Å². The first-order valence-corrected chi connectivity index (χ1v) is 7.86. The molecule has 1 N–H and O–H groups in total. The fourth-order valence-corrected chi connectivity index (χ4v) is 2.56. The number of aromatic nitrogens is 1. The molecular weight excluding hydrogens is 276 g/mol. The third-order valence-electron chi connectivity index (χ3n) is 2.82. The maximum Gasteiger partial charge on any atom is 0.229 e. The van der Waals surface area contributed by atoms with E-state index in [2.05, 4.69) is 9.71 Å². The number of sulfonamides is 1. The van der Waals surface area contributed by atoms with Crippen molar-refractivity contribution in [1.82, 2.24) is 4.98 Å². The summed E-state index contributed by atoms with van der Waals surface area (Å²) in [6.45, 7) is 1.91. The van der Waals surface area contributed by atoms with Crippen molar-refractivity contribution in [3.8, 4) is 16.9 Å². The zero-order valence-electron chi connectivity index (χ0n) is 11.5. The lowest BCUT2D eigenvalue weighted by Crippen LogP contribution is -2.09. The Morgan fingerprint density at radius 3 is 2.55 bits per heavy atom. The standard InChI is InChI=1S/C14H16N2O3S/c1-10-8-11(16-20(3,17)18)4-5-12(10)13-9-15-7-6-14(13)19-2/h4-9,16H,1-3H3. The first-order chi connectivity index (χ1) is 9.40. The molecule has 1 aromatic heterocycles. The van der Waals surface area contributed by atoms with Gasteiger partial charge in [0.2, 0.25) is 10.0 Å². The van der Waals surface area contributed by atoms with Gasteiger partial charge < -0.3 is 4.74 Å². The van der Waals surface area contributed by atoms with Crippen LogP contribution in [0.15, 0.2) is 36.7 Å². The molecule has 0 aliphatic carbocycles. The van der Waals surface area contributed by atoms with E-state index < -0.39 is 10.0 Å². The van der Waals surface area contributed by atoms with E-state index in [1.54, 1.807) is 37.7 Å². The van der Waals surface area contributed by atoms with Crippen LogP contribution in [0.1, 0.15) is 5.56 Å². The lowest BCUT2D eigenvalue weighted by atomic mass is 10.0. The second-order valence-corrected chi connectivity index (χ2v) is 6.23. The minimum absolute atomic E-state index is 0.539. The van der Waals surface area contributed by atoms with Crippen LogP contribution >= 0.6 is 0 Å². The quantitative estimate of drug-likeness (QED) is 0.939. The van der Waals surface area contributed by atoms with E-state index in [-0.39, 0.29) is 0 Å². The summed E-state index contributed by atoms with van der Waals surface area (Å²) in [7, 11) is -1.67. The molecule has 0 bridgehead atoms. The van der Waals surface area contributed by atoms with Crippen molar-refractivity contribution in [3.63, 3.8) is 0 Å². The Kier molecular flexibility index (Phi) is 3.94. The van der Waals surface area contributed by atoms with Crippen LogP contribution in [-0.2, 0) is 10.0 Å². The van der Waals surface area contributed by atoms with Crippen molar-refractivity contribution in [2.75, 3.05) is 18.1 Å². The van der Waals surface area contributed by atoms with E-state index in [9.17, 15) is 8.42 Å². The van der Waals surface area contributed by atoms with E-state index >= 15 is 0 Å². The third kappa shape index (κ3) is 3.27. The van der Waals surface area contributed by atoms with Crippen LogP contribution < -0.4 is 9.46 Å². The molecule has 5 nitrogen and oxygen atoms in total. The second-order valence-electron chi connectivity index (χ2n) is 4.48. The highest BCUT2D eigenvalue weighted by molar-refractivity contribution is 7.92. The summed E-state index contributed by atoms with van der Waals surface area (Å²) in [5.74, 6) is 0.729. The molecule has 2 aromatic rings. The summed E-state index contributed by atoms with van der Waals surface area (Å²) in [6.07, 6.45) is 4.52. The van der Waals surface area contributed by atoms with Crippen molar-refractivity contribution in [3.05, 3.63) is 42.2 Å². The second kappa shape index (κ2) is 5.50. The van der Waals surface area contributed by atoms with Crippen molar-refractivity contribution >= 4 is 15.7 Å². The van der Waals surface area contributed by atoms with E-state index in [0.717, 1.165) is 28.7 Å². The van der Waals surface area contributed by atoms with Crippen LogP contribution in [0, 0.1) is 6.92 Å². The van der Waals surface area contributed by atoms with Gasteiger partial charge in [0, 0.05) is 23.6 Å². The summed E-state index contributed by atoms with van der Waals surface area (Å²) in [5.41, 5.74) is 3.30. The Morgan fingerprint density at radius 2 is 1.95 bits per heavy atom. The Morgan fingerprint density at radius 1 is 1.20 bits per heavy atom. The number of ether oxygens (including phenoxy) is 1. The molecular formula is C14H16N2O3S. The molecule has 0 unspecified atom stereocenters. The fourth-order valence-electron chi connectivity index (χ4n) is 2.01. The molecule has 0 fully saturated rings. The van der Waals surface area contributed by atoms with Crippen molar-refractivity contribution in [2.45, 2.75) is 6.92 Å². The number of aryl methyl sites for hydroxylation is 1. The largest absolute Gasteiger partial charge is 0.496 e. The van der Waals surface area contributed by atoms with Crippen LogP contribution in [-0.4, -0.2) is 26.8 Å². The number of methoxy groups -OCH3 is 1. The fraction of sp³-hybridized carbons (Fsp3) is 0.214. The number of rotatable bonds is 4. The van der Waals surface area contributed by atoms with Crippen LogP contribution in [0.4, 0.5) is 5.69 Å². The normalized spacial score (nSPS) is 11.2. The van der Waals surface area contributed by atoms with Crippen LogP contribution in [0.25, 0.3) is 11.1 Å². The molecule has 106 valence electrons. The van der Waals surface area contributed by atoms with E-state index in [1.165, 1.54) is 0 Å². The van der Waals surface area contributed by atoms with Crippen molar-refractivity contribution in [2.24, 2.45) is 0 Å². The highest BCUT2D eigenvalue weighted by Crippen LogP contribution is 2.32. The Hall–Kier alpha value is -2.08. The molecule has 0 saturated heterocycles. The molecule has 0 aliphatic heterocycles.